The van der Waals surface area contributed by atoms with Gasteiger partial charge in [-0.15, -0.1) is 0 Å². The smallest absolute Gasteiger partial charge is 0.243 e. The molecule has 1 fully saturated rings. The summed E-state index contributed by atoms with van der Waals surface area (Å²) >= 11 is 0. The molecular weight excluding hydrogens is 445 g/mol. The van der Waals surface area contributed by atoms with Crippen molar-refractivity contribution < 1.29 is 22.4 Å². The minimum atomic E-state index is -3.84. The lowest BCUT2D eigenvalue weighted by Gasteiger charge is -2.32. The molecule has 2 amide bonds. The van der Waals surface area contributed by atoms with Crippen LogP contribution in [0, 0.1) is 17.7 Å². The molecule has 3 rings (SSSR count). The van der Waals surface area contributed by atoms with E-state index in [1.54, 1.807) is 0 Å². The molecule has 1 aliphatic rings. The van der Waals surface area contributed by atoms with E-state index in [1.807, 2.05) is 44.2 Å². The third kappa shape index (κ3) is 6.39. The van der Waals surface area contributed by atoms with Crippen LogP contribution in [0.5, 0.6) is 0 Å². The standard InChI is InChI=1S/C24H30FN3O4S/c1-17(2)22(24(30)26-15-18-7-4-3-5-8-18)27-23(29)19-9-6-14-28(16-19)33(31,32)21-12-10-20(25)11-13-21/h3-5,7-8,10-13,17,19,22H,6,9,14-16H2,1-2H3,(H,26,30)(H,27,29)/t19?,22-/m1/s1. The molecule has 2 aromatic rings. The number of carbonyl (C=O) groups is 2. The number of rotatable bonds is 8. The maximum Gasteiger partial charge on any atom is 0.243 e. The van der Waals surface area contributed by atoms with Crippen LogP contribution in [0.4, 0.5) is 4.39 Å². The largest absolute Gasteiger partial charge is 0.350 e. The molecule has 0 aromatic heterocycles. The van der Waals surface area contributed by atoms with Crippen LogP contribution in [0.25, 0.3) is 0 Å². The van der Waals surface area contributed by atoms with Crippen LogP contribution < -0.4 is 10.6 Å². The number of benzene rings is 2. The Morgan fingerprint density at radius 2 is 1.76 bits per heavy atom. The van der Waals surface area contributed by atoms with E-state index in [0.29, 0.717) is 19.4 Å². The van der Waals surface area contributed by atoms with E-state index in [4.69, 9.17) is 0 Å². The molecule has 1 unspecified atom stereocenters. The number of hydrogen-bond donors (Lipinski definition) is 2. The van der Waals surface area contributed by atoms with Gasteiger partial charge in [-0.1, -0.05) is 44.2 Å². The van der Waals surface area contributed by atoms with E-state index >= 15 is 0 Å². The van der Waals surface area contributed by atoms with Crippen molar-refractivity contribution in [2.75, 3.05) is 13.1 Å². The zero-order chi connectivity index (χ0) is 24.0. The molecule has 0 bridgehead atoms. The first-order valence-electron chi connectivity index (χ1n) is 11.1. The Morgan fingerprint density at radius 3 is 2.39 bits per heavy atom. The monoisotopic (exact) mass is 475 g/mol. The molecule has 33 heavy (non-hydrogen) atoms. The second kappa shape index (κ2) is 10.9. The van der Waals surface area contributed by atoms with Gasteiger partial charge in [0.15, 0.2) is 0 Å². The molecule has 2 aromatic carbocycles. The van der Waals surface area contributed by atoms with Crippen molar-refractivity contribution in [3.8, 4) is 0 Å². The Bertz CT molecular complexity index is 1060. The molecule has 0 radical (unpaired) electrons. The van der Waals surface area contributed by atoms with Crippen LogP contribution >= 0.6 is 0 Å². The zero-order valence-electron chi connectivity index (χ0n) is 18.8. The minimum Gasteiger partial charge on any atom is -0.350 e. The summed E-state index contributed by atoms with van der Waals surface area (Å²) in [6.07, 6.45) is 1.04. The Labute approximate surface area is 194 Å². The van der Waals surface area contributed by atoms with Gasteiger partial charge in [-0.3, -0.25) is 9.59 Å². The van der Waals surface area contributed by atoms with Crippen molar-refractivity contribution in [1.29, 1.82) is 0 Å². The van der Waals surface area contributed by atoms with E-state index in [0.717, 1.165) is 17.7 Å². The fourth-order valence-corrected chi connectivity index (χ4v) is 5.36. The molecule has 7 nitrogen and oxygen atoms in total. The summed E-state index contributed by atoms with van der Waals surface area (Å²) in [7, 11) is -3.84. The average molecular weight is 476 g/mol. The SMILES string of the molecule is CC(C)[C@@H](NC(=O)C1CCCN(S(=O)(=O)c2ccc(F)cc2)C1)C(=O)NCc1ccccc1. The lowest BCUT2D eigenvalue weighted by molar-refractivity contribution is -0.132. The molecule has 0 saturated carbocycles. The van der Waals surface area contributed by atoms with Gasteiger partial charge in [0, 0.05) is 19.6 Å². The van der Waals surface area contributed by atoms with E-state index in [9.17, 15) is 22.4 Å². The lowest BCUT2D eigenvalue weighted by Crippen LogP contribution is -2.53. The van der Waals surface area contributed by atoms with Crippen molar-refractivity contribution in [3.63, 3.8) is 0 Å². The number of amides is 2. The van der Waals surface area contributed by atoms with Gasteiger partial charge in [-0.2, -0.15) is 4.31 Å². The number of halogens is 1. The molecule has 1 heterocycles. The first kappa shape index (κ1) is 24.9. The summed E-state index contributed by atoms with van der Waals surface area (Å²) in [5, 5.41) is 5.68. The summed E-state index contributed by atoms with van der Waals surface area (Å²) in [5.41, 5.74) is 0.952. The molecular formula is C24H30FN3O4S. The Balaban J connectivity index is 1.63. The molecule has 0 spiro atoms. The first-order chi connectivity index (χ1) is 15.7. The number of sulfonamides is 1. The van der Waals surface area contributed by atoms with Gasteiger partial charge in [0.1, 0.15) is 11.9 Å². The van der Waals surface area contributed by atoms with Gasteiger partial charge >= 0.3 is 0 Å². The van der Waals surface area contributed by atoms with E-state index in [2.05, 4.69) is 10.6 Å². The first-order valence-corrected chi connectivity index (χ1v) is 12.5. The molecule has 2 atom stereocenters. The summed E-state index contributed by atoms with van der Waals surface area (Å²) in [4.78, 5) is 25.7. The topological polar surface area (TPSA) is 95.6 Å². The third-order valence-electron chi connectivity index (χ3n) is 5.76. The summed E-state index contributed by atoms with van der Waals surface area (Å²) in [6.45, 7) is 4.35. The highest BCUT2D eigenvalue weighted by Crippen LogP contribution is 2.24. The van der Waals surface area contributed by atoms with Crippen LogP contribution in [-0.4, -0.2) is 43.7 Å². The summed E-state index contributed by atoms with van der Waals surface area (Å²) in [6, 6.07) is 13.4. The summed E-state index contributed by atoms with van der Waals surface area (Å²) < 4.78 is 40.3. The maximum atomic E-state index is 13.2. The van der Waals surface area contributed by atoms with Crippen LogP contribution in [0.15, 0.2) is 59.5 Å². The normalized spacial score (nSPS) is 18.0. The molecule has 178 valence electrons. The van der Waals surface area contributed by atoms with Gasteiger partial charge in [-0.25, -0.2) is 12.8 Å². The molecule has 0 aliphatic carbocycles. The number of piperidine rings is 1. The van der Waals surface area contributed by atoms with Crippen molar-refractivity contribution in [2.24, 2.45) is 11.8 Å². The highest BCUT2D eigenvalue weighted by molar-refractivity contribution is 7.89. The van der Waals surface area contributed by atoms with E-state index in [-0.39, 0.29) is 35.7 Å². The highest BCUT2D eigenvalue weighted by atomic mass is 32.2. The second-order valence-electron chi connectivity index (χ2n) is 8.59. The van der Waals surface area contributed by atoms with Gasteiger partial charge in [0.2, 0.25) is 21.8 Å². The van der Waals surface area contributed by atoms with Gasteiger partial charge in [0.25, 0.3) is 0 Å². The number of nitrogens with zero attached hydrogens (tertiary/aromatic N) is 1. The van der Waals surface area contributed by atoms with Crippen molar-refractivity contribution in [2.45, 2.75) is 44.2 Å². The quantitative estimate of drug-likeness (QED) is 0.614. The number of carbonyl (C=O) groups excluding carboxylic acids is 2. The maximum absolute atomic E-state index is 13.2. The molecule has 2 N–H and O–H groups in total. The average Bonchev–Trinajstić information content (AvgIpc) is 2.81. The van der Waals surface area contributed by atoms with E-state index in [1.165, 1.54) is 16.4 Å². The van der Waals surface area contributed by atoms with Crippen LogP contribution in [0.1, 0.15) is 32.3 Å². The van der Waals surface area contributed by atoms with Crippen molar-refractivity contribution >= 4 is 21.8 Å². The Kier molecular flexibility index (Phi) is 8.20. The molecule has 1 saturated heterocycles. The van der Waals surface area contributed by atoms with Crippen LogP contribution in [0.2, 0.25) is 0 Å². The van der Waals surface area contributed by atoms with Crippen molar-refractivity contribution in [1.82, 2.24) is 14.9 Å². The highest BCUT2D eigenvalue weighted by Gasteiger charge is 2.35. The fourth-order valence-electron chi connectivity index (χ4n) is 3.83. The lowest BCUT2D eigenvalue weighted by atomic mass is 9.96. The predicted molar refractivity (Wildman–Crippen MR) is 123 cm³/mol. The number of nitrogens with one attached hydrogen (secondary N) is 2. The third-order valence-corrected chi connectivity index (χ3v) is 7.64. The van der Waals surface area contributed by atoms with E-state index < -0.39 is 27.8 Å². The van der Waals surface area contributed by atoms with Crippen molar-refractivity contribution in [3.05, 3.63) is 66.0 Å². The molecule has 9 heteroatoms. The minimum absolute atomic E-state index is 0.00898. The number of hydrogen-bond acceptors (Lipinski definition) is 4. The van der Waals surface area contributed by atoms with Crippen LogP contribution in [0.3, 0.4) is 0 Å². The van der Waals surface area contributed by atoms with Gasteiger partial charge < -0.3 is 10.6 Å². The van der Waals surface area contributed by atoms with Gasteiger partial charge in [0.05, 0.1) is 10.8 Å². The predicted octanol–water partition coefficient (Wildman–Crippen LogP) is 2.68. The fraction of sp³-hybridized carbons (Fsp3) is 0.417. The zero-order valence-corrected chi connectivity index (χ0v) is 19.6. The van der Waals surface area contributed by atoms with Crippen LogP contribution in [-0.2, 0) is 26.2 Å². The Morgan fingerprint density at radius 1 is 1.09 bits per heavy atom. The Hall–Kier alpha value is -2.78. The summed E-state index contributed by atoms with van der Waals surface area (Å²) in [5.74, 6) is -1.86. The molecule has 1 aliphatic heterocycles. The van der Waals surface area contributed by atoms with Gasteiger partial charge in [-0.05, 0) is 48.6 Å². The second-order valence-corrected chi connectivity index (χ2v) is 10.5.